The minimum absolute atomic E-state index is 0. The number of nitrogens with zero attached hydrogens (tertiary/aromatic N) is 1. The average Bonchev–Trinajstić information content (AvgIpc) is 2.56. The Kier molecular flexibility index (Phi) is 8.11. The van der Waals surface area contributed by atoms with Gasteiger partial charge in [-0.2, -0.15) is 13.2 Å². The number of phenols is 1. The van der Waals surface area contributed by atoms with Crippen LogP contribution in [0, 0.1) is 0 Å². The fourth-order valence-corrected chi connectivity index (χ4v) is 2.96. The third-order valence-corrected chi connectivity index (χ3v) is 4.18. The summed E-state index contributed by atoms with van der Waals surface area (Å²) in [6.07, 6.45) is -5.13. The smallest absolute Gasteiger partial charge is 0.389 e. The van der Waals surface area contributed by atoms with Crippen LogP contribution in [-0.4, -0.2) is 56.6 Å². The molecule has 144 valence electrons. The summed E-state index contributed by atoms with van der Waals surface area (Å²) in [5.74, 6) is 0.228. The normalized spacial score (nSPS) is 16.8. The molecule has 2 N–H and O–H groups in total. The van der Waals surface area contributed by atoms with Gasteiger partial charge >= 0.3 is 6.18 Å². The quantitative estimate of drug-likeness (QED) is 0.789. The van der Waals surface area contributed by atoms with Crippen molar-refractivity contribution in [3.63, 3.8) is 0 Å². The van der Waals surface area contributed by atoms with Crippen LogP contribution in [0.4, 0.5) is 13.2 Å². The van der Waals surface area contributed by atoms with Crippen molar-refractivity contribution in [2.75, 3.05) is 40.4 Å². The Hall–Kier alpha value is -1.38. The van der Waals surface area contributed by atoms with Crippen LogP contribution in [0.3, 0.4) is 0 Å². The number of ether oxygens (including phenoxy) is 2. The first-order valence-corrected chi connectivity index (χ1v) is 7.82. The molecule has 1 atom stereocenters. The number of piperazine rings is 1. The van der Waals surface area contributed by atoms with Crippen LogP contribution < -0.4 is 14.8 Å². The number of rotatable bonds is 6. The van der Waals surface area contributed by atoms with E-state index in [0.717, 1.165) is 13.1 Å². The summed E-state index contributed by atoms with van der Waals surface area (Å²) in [5, 5.41) is 13.2. The van der Waals surface area contributed by atoms with E-state index in [9.17, 15) is 18.3 Å². The molecule has 0 unspecified atom stereocenters. The highest BCUT2D eigenvalue weighted by atomic mass is 35.5. The van der Waals surface area contributed by atoms with Gasteiger partial charge in [0, 0.05) is 38.6 Å². The first-order valence-electron chi connectivity index (χ1n) is 7.82. The molecule has 1 aliphatic heterocycles. The second-order valence-corrected chi connectivity index (χ2v) is 5.73. The molecule has 0 spiro atoms. The van der Waals surface area contributed by atoms with Gasteiger partial charge in [-0.15, -0.1) is 12.4 Å². The van der Waals surface area contributed by atoms with Crippen molar-refractivity contribution >= 4 is 12.4 Å². The van der Waals surface area contributed by atoms with Crippen LogP contribution in [0.25, 0.3) is 0 Å². The summed E-state index contributed by atoms with van der Waals surface area (Å²) in [5.41, 5.74) is 0.646. The topological polar surface area (TPSA) is 54.0 Å². The fraction of sp³-hybridized carbons (Fsp3) is 0.625. The Morgan fingerprint density at radius 1 is 1.16 bits per heavy atom. The molecular formula is C16H24ClF3N2O3. The van der Waals surface area contributed by atoms with E-state index in [4.69, 9.17) is 9.47 Å². The molecule has 1 aliphatic rings. The van der Waals surface area contributed by atoms with Crippen LogP contribution in [0.1, 0.15) is 24.4 Å². The summed E-state index contributed by atoms with van der Waals surface area (Å²) in [4.78, 5) is 2.02. The predicted octanol–water partition coefficient (Wildman–Crippen LogP) is 3.12. The van der Waals surface area contributed by atoms with E-state index < -0.39 is 18.6 Å². The van der Waals surface area contributed by atoms with Crippen molar-refractivity contribution in [2.24, 2.45) is 0 Å². The van der Waals surface area contributed by atoms with Gasteiger partial charge in [-0.1, -0.05) is 0 Å². The van der Waals surface area contributed by atoms with Gasteiger partial charge in [0.2, 0.25) is 5.75 Å². The lowest BCUT2D eigenvalue weighted by Crippen LogP contribution is -2.45. The predicted molar refractivity (Wildman–Crippen MR) is 90.9 cm³/mol. The molecule has 1 fully saturated rings. The Labute approximate surface area is 151 Å². The number of halogens is 4. The molecule has 2 rings (SSSR count). The maximum absolute atomic E-state index is 12.7. The zero-order valence-corrected chi connectivity index (χ0v) is 15.0. The first-order chi connectivity index (χ1) is 11.4. The third-order valence-electron chi connectivity index (χ3n) is 4.18. The van der Waals surface area contributed by atoms with Crippen LogP contribution in [0.15, 0.2) is 12.1 Å². The molecule has 1 aromatic carbocycles. The monoisotopic (exact) mass is 384 g/mol. The lowest BCUT2D eigenvalue weighted by atomic mass is 9.98. The van der Waals surface area contributed by atoms with E-state index in [2.05, 4.69) is 5.32 Å². The maximum Gasteiger partial charge on any atom is 0.389 e. The van der Waals surface area contributed by atoms with Crippen molar-refractivity contribution in [1.29, 1.82) is 0 Å². The van der Waals surface area contributed by atoms with Crippen molar-refractivity contribution < 1.29 is 27.8 Å². The minimum Gasteiger partial charge on any atom is -0.502 e. The SMILES string of the molecule is COc1cc([C@@H](CCC(F)(F)F)N2CCNCC2)cc(OC)c1O.Cl. The van der Waals surface area contributed by atoms with E-state index in [1.807, 2.05) is 4.90 Å². The Morgan fingerprint density at radius 3 is 2.12 bits per heavy atom. The Morgan fingerprint density at radius 2 is 1.68 bits per heavy atom. The van der Waals surface area contributed by atoms with Crippen molar-refractivity contribution in [3.8, 4) is 17.2 Å². The molecule has 1 saturated heterocycles. The van der Waals surface area contributed by atoms with Gasteiger partial charge in [0.15, 0.2) is 11.5 Å². The maximum atomic E-state index is 12.7. The van der Waals surface area contributed by atoms with Crippen LogP contribution >= 0.6 is 12.4 Å². The zero-order chi connectivity index (χ0) is 17.7. The zero-order valence-electron chi connectivity index (χ0n) is 14.2. The van der Waals surface area contributed by atoms with E-state index >= 15 is 0 Å². The molecule has 0 radical (unpaired) electrons. The molecule has 0 bridgehead atoms. The highest BCUT2D eigenvalue weighted by Gasteiger charge is 2.32. The number of aromatic hydroxyl groups is 1. The first kappa shape index (κ1) is 21.7. The second kappa shape index (κ2) is 9.35. The molecule has 1 aromatic rings. The largest absolute Gasteiger partial charge is 0.502 e. The van der Waals surface area contributed by atoms with Crippen LogP contribution in [0.5, 0.6) is 17.2 Å². The Bertz CT molecular complexity index is 527. The summed E-state index contributed by atoms with van der Waals surface area (Å²) < 4.78 is 48.5. The number of alkyl halides is 3. The number of hydrogen-bond acceptors (Lipinski definition) is 5. The molecule has 1 heterocycles. The van der Waals surface area contributed by atoms with E-state index in [0.29, 0.717) is 18.7 Å². The molecule has 0 aliphatic carbocycles. The van der Waals surface area contributed by atoms with Crippen molar-refractivity contribution in [2.45, 2.75) is 25.1 Å². The van der Waals surface area contributed by atoms with Gasteiger partial charge in [0.25, 0.3) is 0 Å². The van der Waals surface area contributed by atoms with Gasteiger partial charge in [-0.25, -0.2) is 0 Å². The third kappa shape index (κ3) is 5.83. The Balaban J connectivity index is 0.00000312. The lowest BCUT2D eigenvalue weighted by molar-refractivity contribution is -0.138. The summed E-state index contributed by atoms with van der Waals surface area (Å²) in [7, 11) is 2.79. The van der Waals surface area contributed by atoms with E-state index in [1.165, 1.54) is 14.2 Å². The minimum atomic E-state index is -4.21. The van der Waals surface area contributed by atoms with Gasteiger partial charge < -0.3 is 19.9 Å². The highest BCUT2D eigenvalue weighted by Crippen LogP contribution is 2.41. The highest BCUT2D eigenvalue weighted by molar-refractivity contribution is 5.85. The molecule has 0 saturated carbocycles. The summed E-state index contributed by atoms with van der Waals surface area (Å²) in [6, 6.07) is 2.75. The summed E-state index contributed by atoms with van der Waals surface area (Å²) in [6.45, 7) is 2.78. The molecule has 0 aromatic heterocycles. The fourth-order valence-electron chi connectivity index (χ4n) is 2.96. The van der Waals surface area contributed by atoms with Crippen molar-refractivity contribution in [3.05, 3.63) is 17.7 Å². The summed E-state index contributed by atoms with van der Waals surface area (Å²) >= 11 is 0. The number of phenolic OH excluding ortho intramolecular Hbond substituents is 1. The van der Waals surface area contributed by atoms with E-state index in [1.54, 1.807) is 12.1 Å². The number of benzene rings is 1. The lowest BCUT2D eigenvalue weighted by Gasteiger charge is -2.35. The molecule has 9 heteroatoms. The van der Waals surface area contributed by atoms with Crippen molar-refractivity contribution in [1.82, 2.24) is 10.2 Å². The van der Waals surface area contributed by atoms with Crippen LogP contribution in [0.2, 0.25) is 0 Å². The van der Waals surface area contributed by atoms with Gasteiger partial charge in [-0.05, 0) is 24.1 Å². The van der Waals surface area contributed by atoms with Gasteiger partial charge in [-0.3, -0.25) is 4.90 Å². The molecular weight excluding hydrogens is 361 g/mol. The number of methoxy groups -OCH3 is 2. The standard InChI is InChI=1S/C16H23F3N2O3.ClH/c1-23-13-9-11(10-14(24-2)15(13)22)12(3-4-16(17,18)19)21-7-5-20-6-8-21;/h9-10,12,20,22H,3-8H2,1-2H3;1H/t12-;/m1./s1. The van der Waals surface area contributed by atoms with Gasteiger partial charge in [0.05, 0.1) is 14.2 Å². The molecule has 0 amide bonds. The average molecular weight is 385 g/mol. The number of hydrogen-bond donors (Lipinski definition) is 2. The number of nitrogens with one attached hydrogen (secondary N) is 1. The molecule has 25 heavy (non-hydrogen) atoms. The molecule has 5 nitrogen and oxygen atoms in total. The van der Waals surface area contributed by atoms with Crippen LogP contribution in [-0.2, 0) is 0 Å². The second-order valence-electron chi connectivity index (χ2n) is 5.73. The van der Waals surface area contributed by atoms with Gasteiger partial charge in [0.1, 0.15) is 0 Å². The van der Waals surface area contributed by atoms with E-state index in [-0.39, 0.29) is 36.1 Å².